The van der Waals surface area contributed by atoms with Gasteiger partial charge in [-0.2, -0.15) is 0 Å². The Bertz CT molecular complexity index is 482. The Hall–Kier alpha value is -0.900. The maximum Gasteiger partial charge on any atom is 0.107 e. The molecule has 0 aliphatic rings. The van der Waals surface area contributed by atoms with Crippen LogP contribution in [0.4, 0.5) is 0 Å². The summed E-state index contributed by atoms with van der Waals surface area (Å²) >= 11 is 7.63. The molecular weight excluding hydrogens is 252 g/mol. The Morgan fingerprint density at radius 1 is 1.41 bits per heavy atom. The fraction of sp³-hybridized carbons (Fsp3) is 0.308. The number of halogens is 1. The number of hydrogen-bond donors (Lipinski definition) is 1. The molecule has 1 aromatic carbocycles. The lowest BCUT2D eigenvalue weighted by Crippen LogP contribution is -2.16. The van der Waals surface area contributed by atoms with E-state index in [9.17, 15) is 0 Å². The molecule has 0 aliphatic heterocycles. The summed E-state index contributed by atoms with van der Waals surface area (Å²) in [6.07, 6.45) is 0.991. The summed E-state index contributed by atoms with van der Waals surface area (Å²) in [5.74, 6) is 0. The molecule has 0 radical (unpaired) electrons. The van der Waals surface area contributed by atoms with E-state index < -0.39 is 0 Å². The minimum atomic E-state index is 0.804. The maximum atomic E-state index is 5.93. The van der Waals surface area contributed by atoms with Gasteiger partial charge in [0, 0.05) is 22.6 Å². The number of thiazole rings is 1. The molecule has 1 aromatic heterocycles. The van der Waals surface area contributed by atoms with E-state index >= 15 is 0 Å². The van der Waals surface area contributed by atoms with Gasteiger partial charge >= 0.3 is 0 Å². The van der Waals surface area contributed by atoms with E-state index in [0.29, 0.717) is 0 Å². The number of hydrogen-bond acceptors (Lipinski definition) is 3. The van der Waals surface area contributed by atoms with Gasteiger partial charge in [-0.3, -0.25) is 0 Å². The molecule has 1 N–H and O–H groups in total. The van der Waals surface area contributed by atoms with Crippen molar-refractivity contribution in [1.82, 2.24) is 10.3 Å². The molecule has 0 bridgehead atoms. The highest BCUT2D eigenvalue weighted by molar-refractivity contribution is 7.09. The van der Waals surface area contributed by atoms with Gasteiger partial charge in [0.2, 0.25) is 0 Å². The van der Waals surface area contributed by atoms with Crippen molar-refractivity contribution in [3.8, 4) is 0 Å². The minimum Gasteiger partial charge on any atom is -0.310 e. The molecular formula is C13H15ClN2S. The summed E-state index contributed by atoms with van der Waals surface area (Å²) in [5.41, 5.74) is 2.36. The third-order valence-corrected chi connectivity index (χ3v) is 3.62. The Labute approximate surface area is 111 Å². The molecule has 0 aliphatic carbocycles. The van der Waals surface area contributed by atoms with Crippen LogP contribution < -0.4 is 5.32 Å². The van der Waals surface area contributed by atoms with Gasteiger partial charge in [0.15, 0.2) is 0 Å². The Kier molecular flexibility index (Phi) is 4.54. The Morgan fingerprint density at radius 3 is 3.00 bits per heavy atom. The molecule has 1 heterocycles. The zero-order chi connectivity index (χ0) is 12.1. The Morgan fingerprint density at radius 2 is 2.29 bits per heavy atom. The molecule has 4 heteroatoms. The summed E-state index contributed by atoms with van der Waals surface area (Å²) in [5, 5.41) is 7.42. The topological polar surface area (TPSA) is 24.9 Å². The first-order valence-corrected chi connectivity index (χ1v) is 6.86. The molecule has 2 aromatic rings. The number of benzene rings is 1. The fourth-order valence-electron chi connectivity index (χ4n) is 1.60. The van der Waals surface area contributed by atoms with Crippen LogP contribution in [0.1, 0.15) is 16.3 Å². The van der Waals surface area contributed by atoms with Crippen molar-refractivity contribution in [2.75, 3.05) is 6.54 Å². The lowest BCUT2D eigenvalue weighted by molar-refractivity contribution is 0.683. The monoisotopic (exact) mass is 266 g/mol. The highest BCUT2D eigenvalue weighted by Crippen LogP contribution is 2.11. The van der Waals surface area contributed by atoms with Gasteiger partial charge in [-0.15, -0.1) is 11.3 Å². The average Bonchev–Trinajstić information content (AvgIpc) is 2.71. The zero-order valence-corrected chi connectivity index (χ0v) is 11.3. The number of nitrogens with one attached hydrogen (secondary N) is 1. The summed E-state index contributed by atoms with van der Waals surface area (Å²) in [6.45, 7) is 3.81. The Balaban J connectivity index is 1.73. The SMILES string of the molecule is Cc1csc(CNCCc2cccc(Cl)c2)n1. The van der Waals surface area contributed by atoms with Crippen molar-refractivity contribution in [3.05, 3.63) is 50.9 Å². The fourth-order valence-corrected chi connectivity index (χ4v) is 2.56. The van der Waals surface area contributed by atoms with Gasteiger partial charge in [-0.25, -0.2) is 4.98 Å². The molecule has 17 heavy (non-hydrogen) atoms. The van der Waals surface area contributed by atoms with Crippen molar-refractivity contribution in [3.63, 3.8) is 0 Å². The lowest BCUT2D eigenvalue weighted by Gasteiger charge is -2.03. The van der Waals surface area contributed by atoms with E-state index in [4.69, 9.17) is 11.6 Å². The summed E-state index contributed by atoms with van der Waals surface area (Å²) in [4.78, 5) is 4.40. The molecule has 0 amide bonds. The van der Waals surface area contributed by atoms with Crippen molar-refractivity contribution >= 4 is 22.9 Å². The van der Waals surface area contributed by atoms with Gasteiger partial charge in [0.25, 0.3) is 0 Å². The zero-order valence-electron chi connectivity index (χ0n) is 9.74. The molecule has 90 valence electrons. The minimum absolute atomic E-state index is 0.804. The number of rotatable bonds is 5. The quantitative estimate of drug-likeness (QED) is 0.839. The molecule has 0 saturated carbocycles. The predicted molar refractivity (Wildman–Crippen MR) is 73.7 cm³/mol. The highest BCUT2D eigenvalue weighted by atomic mass is 35.5. The van der Waals surface area contributed by atoms with E-state index in [1.165, 1.54) is 5.56 Å². The van der Waals surface area contributed by atoms with E-state index in [1.807, 2.05) is 25.1 Å². The van der Waals surface area contributed by atoms with Crippen LogP contribution in [0.2, 0.25) is 5.02 Å². The van der Waals surface area contributed by atoms with E-state index in [0.717, 1.165) is 35.2 Å². The number of aryl methyl sites for hydroxylation is 1. The summed E-state index contributed by atoms with van der Waals surface area (Å²) < 4.78 is 0. The smallest absolute Gasteiger partial charge is 0.107 e. The predicted octanol–water partition coefficient (Wildman–Crippen LogP) is 3.44. The summed E-state index contributed by atoms with van der Waals surface area (Å²) in [6, 6.07) is 8.00. The van der Waals surface area contributed by atoms with Gasteiger partial charge in [0.05, 0.1) is 0 Å². The van der Waals surface area contributed by atoms with E-state index in [-0.39, 0.29) is 0 Å². The molecule has 0 unspecified atom stereocenters. The van der Waals surface area contributed by atoms with E-state index in [2.05, 4.69) is 21.7 Å². The second kappa shape index (κ2) is 6.15. The first-order valence-electron chi connectivity index (χ1n) is 5.60. The van der Waals surface area contributed by atoms with E-state index in [1.54, 1.807) is 11.3 Å². The third kappa shape index (κ3) is 4.11. The normalized spacial score (nSPS) is 10.7. The van der Waals surface area contributed by atoms with Crippen molar-refractivity contribution in [2.24, 2.45) is 0 Å². The van der Waals surface area contributed by atoms with Crippen LogP contribution in [-0.2, 0) is 13.0 Å². The van der Waals surface area contributed by atoms with Crippen molar-refractivity contribution in [2.45, 2.75) is 19.9 Å². The third-order valence-electron chi connectivity index (χ3n) is 2.42. The van der Waals surface area contributed by atoms with Gasteiger partial charge in [0.1, 0.15) is 5.01 Å². The number of aromatic nitrogens is 1. The van der Waals surface area contributed by atoms with Gasteiger partial charge in [-0.1, -0.05) is 23.7 Å². The van der Waals surface area contributed by atoms with Crippen LogP contribution in [0.15, 0.2) is 29.6 Å². The average molecular weight is 267 g/mol. The molecule has 2 nitrogen and oxygen atoms in total. The number of nitrogens with zero attached hydrogens (tertiary/aromatic N) is 1. The summed E-state index contributed by atoms with van der Waals surface area (Å²) in [7, 11) is 0. The largest absolute Gasteiger partial charge is 0.310 e. The van der Waals surface area contributed by atoms with Crippen molar-refractivity contribution < 1.29 is 0 Å². The van der Waals surface area contributed by atoms with Crippen LogP contribution >= 0.6 is 22.9 Å². The maximum absolute atomic E-state index is 5.93. The first-order chi connectivity index (χ1) is 8.24. The van der Waals surface area contributed by atoms with Crippen LogP contribution in [0, 0.1) is 6.92 Å². The van der Waals surface area contributed by atoms with Crippen LogP contribution in [0.25, 0.3) is 0 Å². The second-order valence-electron chi connectivity index (χ2n) is 3.94. The second-order valence-corrected chi connectivity index (χ2v) is 5.32. The molecule has 0 fully saturated rings. The molecule has 0 spiro atoms. The van der Waals surface area contributed by atoms with Gasteiger partial charge in [-0.05, 0) is 37.6 Å². The van der Waals surface area contributed by atoms with Crippen LogP contribution in [-0.4, -0.2) is 11.5 Å². The molecule has 0 saturated heterocycles. The van der Waals surface area contributed by atoms with Crippen LogP contribution in [0.5, 0.6) is 0 Å². The van der Waals surface area contributed by atoms with Crippen molar-refractivity contribution in [1.29, 1.82) is 0 Å². The van der Waals surface area contributed by atoms with Crippen LogP contribution in [0.3, 0.4) is 0 Å². The first kappa shape index (κ1) is 12.6. The van der Waals surface area contributed by atoms with Gasteiger partial charge < -0.3 is 5.32 Å². The highest BCUT2D eigenvalue weighted by Gasteiger charge is 1.98. The molecule has 0 atom stereocenters. The standard InChI is InChI=1S/C13H15ClN2S/c1-10-9-17-13(16-10)8-15-6-5-11-3-2-4-12(14)7-11/h2-4,7,9,15H,5-6,8H2,1H3. The lowest BCUT2D eigenvalue weighted by atomic mass is 10.1. The molecule has 2 rings (SSSR count).